The average Bonchev–Trinajstić information content (AvgIpc) is 2.89. The van der Waals surface area contributed by atoms with Gasteiger partial charge in [0.05, 0.1) is 11.7 Å². The zero-order valence-corrected chi connectivity index (χ0v) is 12.0. The molecule has 0 aliphatic rings. The third kappa shape index (κ3) is 3.68. The van der Waals surface area contributed by atoms with Crippen molar-refractivity contribution >= 4 is 23.3 Å². The van der Waals surface area contributed by atoms with Crippen molar-refractivity contribution < 1.29 is 8.81 Å². The molecule has 0 aliphatic carbocycles. The van der Waals surface area contributed by atoms with Crippen LogP contribution < -0.4 is 10.6 Å². The molecule has 0 saturated carbocycles. The molecule has 2 aromatic rings. The number of anilines is 2. The topological polar surface area (TPSA) is 63.0 Å². The number of nitrogens with one attached hydrogen (secondary N) is 2. The van der Waals surface area contributed by atoms with Gasteiger partial charge in [-0.15, -0.1) is 5.10 Å². The molecule has 0 fully saturated rings. The summed E-state index contributed by atoms with van der Waals surface area (Å²) in [7, 11) is 0. The summed E-state index contributed by atoms with van der Waals surface area (Å²) in [5.74, 6) is 0.00897. The maximum Gasteiger partial charge on any atom is 0.320 e. The van der Waals surface area contributed by atoms with Crippen LogP contribution in [-0.4, -0.2) is 16.7 Å². The van der Waals surface area contributed by atoms with Gasteiger partial charge in [-0.05, 0) is 38.1 Å². The fourth-order valence-electron chi connectivity index (χ4n) is 1.62. The van der Waals surface area contributed by atoms with E-state index >= 15 is 0 Å². The molecule has 1 atom stereocenters. The van der Waals surface area contributed by atoms with E-state index in [1.54, 1.807) is 0 Å². The summed E-state index contributed by atoms with van der Waals surface area (Å²) >= 11 is 5.81. The SMILES string of the molecule is CCCNC(C)c1nnc(Nc2cc(Cl)ccc2F)o1. The van der Waals surface area contributed by atoms with Crippen molar-refractivity contribution in [2.45, 2.75) is 26.3 Å². The Balaban J connectivity index is 2.07. The van der Waals surface area contributed by atoms with E-state index in [2.05, 4.69) is 27.8 Å². The molecule has 7 heteroatoms. The van der Waals surface area contributed by atoms with Crippen LogP contribution in [0.25, 0.3) is 0 Å². The number of aromatic nitrogens is 2. The first-order chi connectivity index (χ1) is 9.60. The Bertz CT molecular complexity index is 575. The summed E-state index contributed by atoms with van der Waals surface area (Å²) < 4.78 is 19.0. The van der Waals surface area contributed by atoms with Crippen molar-refractivity contribution in [1.29, 1.82) is 0 Å². The Morgan fingerprint density at radius 3 is 2.95 bits per heavy atom. The lowest BCUT2D eigenvalue weighted by molar-refractivity contribution is 0.424. The number of hydrogen-bond acceptors (Lipinski definition) is 5. The molecule has 0 spiro atoms. The number of benzene rings is 1. The minimum absolute atomic E-state index is 0.0535. The fraction of sp³-hybridized carbons (Fsp3) is 0.385. The second-order valence-corrected chi connectivity index (χ2v) is 4.81. The number of hydrogen-bond donors (Lipinski definition) is 2. The van der Waals surface area contributed by atoms with Gasteiger partial charge in [-0.1, -0.05) is 23.6 Å². The van der Waals surface area contributed by atoms with Gasteiger partial charge in [-0.3, -0.25) is 0 Å². The lowest BCUT2D eigenvalue weighted by Gasteiger charge is -2.07. The molecule has 108 valence electrons. The van der Waals surface area contributed by atoms with Crippen LogP contribution in [0.2, 0.25) is 5.02 Å². The van der Waals surface area contributed by atoms with Crippen LogP contribution in [0.5, 0.6) is 0 Å². The molecule has 1 aromatic carbocycles. The summed E-state index contributed by atoms with van der Waals surface area (Å²) in [6.45, 7) is 4.85. The fourth-order valence-corrected chi connectivity index (χ4v) is 1.79. The van der Waals surface area contributed by atoms with E-state index in [0.717, 1.165) is 13.0 Å². The minimum atomic E-state index is -0.439. The number of halogens is 2. The third-order valence-electron chi connectivity index (χ3n) is 2.68. The molecule has 0 saturated heterocycles. The summed E-state index contributed by atoms with van der Waals surface area (Å²) in [5.41, 5.74) is 0.196. The van der Waals surface area contributed by atoms with Crippen LogP contribution in [0.1, 0.15) is 32.2 Å². The van der Waals surface area contributed by atoms with Crippen LogP contribution >= 0.6 is 11.6 Å². The molecule has 0 radical (unpaired) electrons. The second-order valence-electron chi connectivity index (χ2n) is 4.37. The van der Waals surface area contributed by atoms with Gasteiger partial charge in [0.1, 0.15) is 5.82 Å². The van der Waals surface area contributed by atoms with Gasteiger partial charge < -0.3 is 15.1 Å². The van der Waals surface area contributed by atoms with Crippen molar-refractivity contribution in [2.75, 3.05) is 11.9 Å². The van der Waals surface area contributed by atoms with Crippen molar-refractivity contribution in [1.82, 2.24) is 15.5 Å². The van der Waals surface area contributed by atoms with E-state index in [-0.39, 0.29) is 17.7 Å². The predicted octanol–water partition coefficient (Wildman–Crippen LogP) is 3.67. The summed E-state index contributed by atoms with van der Waals surface area (Å²) in [4.78, 5) is 0. The molecule has 1 heterocycles. The first-order valence-corrected chi connectivity index (χ1v) is 6.76. The molecular weight excluding hydrogens is 283 g/mol. The van der Waals surface area contributed by atoms with Crippen molar-refractivity contribution in [3.8, 4) is 0 Å². The van der Waals surface area contributed by atoms with E-state index < -0.39 is 5.82 Å². The largest absolute Gasteiger partial charge is 0.406 e. The van der Waals surface area contributed by atoms with Crippen molar-refractivity contribution in [3.05, 3.63) is 34.9 Å². The van der Waals surface area contributed by atoms with Gasteiger partial charge in [-0.2, -0.15) is 0 Å². The Hall–Kier alpha value is -1.66. The van der Waals surface area contributed by atoms with E-state index in [1.165, 1.54) is 18.2 Å². The lowest BCUT2D eigenvalue weighted by atomic mass is 10.3. The second kappa shape index (κ2) is 6.67. The normalized spacial score (nSPS) is 12.4. The average molecular weight is 299 g/mol. The number of rotatable bonds is 6. The first kappa shape index (κ1) is 14.7. The number of nitrogens with zero attached hydrogens (tertiary/aromatic N) is 2. The quantitative estimate of drug-likeness (QED) is 0.852. The van der Waals surface area contributed by atoms with Gasteiger partial charge in [0, 0.05) is 5.02 Å². The lowest BCUT2D eigenvalue weighted by Crippen LogP contribution is -2.19. The smallest absolute Gasteiger partial charge is 0.320 e. The van der Waals surface area contributed by atoms with Crippen LogP contribution in [-0.2, 0) is 0 Å². The van der Waals surface area contributed by atoms with Gasteiger partial charge in [-0.25, -0.2) is 4.39 Å². The van der Waals surface area contributed by atoms with E-state index in [0.29, 0.717) is 10.9 Å². The Morgan fingerprint density at radius 1 is 1.40 bits per heavy atom. The highest BCUT2D eigenvalue weighted by Crippen LogP contribution is 2.23. The van der Waals surface area contributed by atoms with Gasteiger partial charge in [0.15, 0.2) is 0 Å². The predicted molar refractivity (Wildman–Crippen MR) is 75.7 cm³/mol. The third-order valence-corrected chi connectivity index (χ3v) is 2.92. The van der Waals surface area contributed by atoms with Crippen LogP contribution in [0.4, 0.5) is 16.1 Å². The van der Waals surface area contributed by atoms with Crippen LogP contribution in [0.15, 0.2) is 22.6 Å². The van der Waals surface area contributed by atoms with E-state index in [9.17, 15) is 4.39 Å². The zero-order valence-electron chi connectivity index (χ0n) is 11.3. The van der Waals surface area contributed by atoms with Gasteiger partial charge >= 0.3 is 6.01 Å². The van der Waals surface area contributed by atoms with Crippen molar-refractivity contribution in [2.24, 2.45) is 0 Å². The Morgan fingerprint density at radius 2 is 2.20 bits per heavy atom. The van der Waals surface area contributed by atoms with E-state index in [4.69, 9.17) is 16.0 Å². The highest BCUT2D eigenvalue weighted by atomic mass is 35.5. The Labute approximate surface area is 121 Å². The molecule has 20 heavy (non-hydrogen) atoms. The molecule has 2 rings (SSSR count). The van der Waals surface area contributed by atoms with Gasteiger partial charge in [0.25, 0.3) is 0 Å². The molecule has 1 aromatic heterocycles. The zero-order chi connectivity index (χ0) is 14.5. The molecule has 5 nitrogen and oxygen atoms in total. The molecule has 0 aliphatic heterocycles. The summed E-state index contributed by atoms with van der Waals surface area (Å²) in [6.07, 6.45) is 1.01. The maximum atomic E-state index is 13.6. The minimum Gasteiger partial charge on any atom is -0.406 e. The van der Waals surface area contributed by atoms with Crippen molar-refractivity contribution in [3.63, 3.8) is 0 Å². The van der Waals surface area contributed by atoms with Crippen LogP contribution in [0, 0.1) is 5.82 Å². The molecule has 0 bridgehead atoms. The highest BCUT2D eigenvalue weighted by molar-refractivity contribution is 6.30. The first-order valence-electron chi connectivity index (χ1n) is 6.39. The van der Waals surface area contributed by atoms with Crippen LogP contribution in [0.3, 0.4) is 0 Å². The standard InChI is InChI=1S/C13H16ClFN4O/c1-3-6-16-8(2)12-18-19-13(20-12)17-11-7-9(14)4-5-10(11)15/h4-5,7-8,16H,3,6H2,1-2H3,(H,17,19). The monoisotopic (exact) mass is 298 g/mol. The molecule has 0 amide bonds. The summed E-state index contributed by atoms with van der Waals surface area (Å²) in [5, 5.41) is 14.1. The molecule has 2 N–H and O–H groups in total. The summed E-state index contributed by atoms with van der Waals surface area (Å²) in [6, 6.07) is 4.28. The van der Waals surface area contributed by atoms with Gasteiger partial charge in [0.2, 0.25) is 5.89 Å². The highest BCUT2D eigenvalue weighted by Gasteiger charge is 2.14. The molecule has 1 unspecified atom stereocenters. The molecular formula is C13H16ClFN4O. The maximum absolute atomic E-state index is 13.6. The Kier molecular flexibility index (Phi) is 4.92. The van der Waals surface area contributed by atoms with E-state index in [1.807, 2.05) is 6.92 Å².